The van der Waals surface area contributed by atoms with Crippen molar-refractivity contribution < 1.29 is 33.3 Å². The fraction of sp³-hybridized carbons (Fsp3) is 0.353. The number of hydrogen-bond donors (Lipinski definition) is 1. The molecule has 1 aliphatic heterocycles. The van der Waals surface area contributed by atoms with Crippen LogP contribution in [0.3, 0.4) is 0 Å². The number of hydrogen-bond acceptors (Lipinski definition) is 7. The van der Waals surface area contributed by atoms with E-state index in [2.05, 4.69) is 10.1 Å². The van der Waals surface area contributed by atoms with Crippen LogP contribution >= 0.6 is 0 Å². The van der Waals surface area contributed by atoms with E-state index in [1.54, 1.807) is 25.1 Å². The van der Waals surface area contributed by atoms with E-state index in [-0.39, 0.29) is 6.61 Å². The van der Waals surface area contributed by atoms with Crippen LogP contribution in [0.1, 0.15) is 13.8 Å². The lowest BCUT2D eigenvalue weighted by Gasteiger charge is -2.19. The first-order valence-electron chi connectivity index (χ1n) is 7.75. The van der Waals surface area contributed by atoms with Crippen LogP contribution in [0.2, 0.25) is 0 Å². The molecule has 8 nitrogen and oxygen atoms in total. The first-order valence-corrected chi connectivity index (χ1v) is 7.75. The van der Waals surface area contributed by atoms with Gasteiger partial charge in [-0.05, 0) is 26.0 Å². The lowest BCUT2D eigenvalue weighted by molar-refractivity contribution is -0.148. The zero-order valence-electron chi connectivity index (χ0n) is 13.9. The van der Waals surface area contributed by atoms with Gasteiger partial charge in [-0.1, -0.05) is 0 Å². The number of amides is 1. The van der Waals surface area contributed by atoms with Crippen LogP contribution in [0.15, 0.2) is 30.4 Å². The average molecular weight is 349 g/mol. The van der Waals surface area contributed by atoms with Gasteiger partial charge in [0.05, 0.1) is 6.61 Å². The molecule has 1 atom stereocenters. The highest BCUT2D eigenvalue weighted by atomic mass is 16.6. The third-order valence-electron chi connectivity index (χ3n) is 3.11. The van der Waals surface area contributed by atoms with E-state index in [9.17, 15) is 14.4 Å². The highest BCUT2D eigenvalue weighted by molar-refractivity contribution is 5.97. The number of rotatable bonds is 6. The Kier molecular flexibility index (Phi) is 6.39. The number of fused-ring (bicyclic) bond motifs is 1. The molecule has 1 N–H and O–H groups in total. The van der Waals surface area contributed by atoms with Gasteiger partial charge in [-0.25, -0.2) is 9.59 Å². The van der Waals surface area contributed by atoms with Crippen molar-refractivity contribution in [1.29, 1.82) is 0 Å². The fourth-order valence-corrected chi connectivity index (χ4v) is 1.96. The number of carbonyl (C=O) groups is 3. The van der Waals surface area contributed by atoms with Crippen molar-refractivity contribution in [3.05, 3.63) is 30.4 Å². The molecular weight excluding hydrogens is 330 g/mol. The second kappa shape index (κ2) is 8.72. The molecule has 0 saturated heterocycles. The third-order valence-corrected chi connectivity index (χ3v) is 3.11. The number of benzene rings is 1. The second-order valence-electron chi connectivity index (χ2n) is 5.01. The maximum Gasteiger partial charge on any atom is 0.331 e. The predicted octanol–water partition coefficient (Wildman–Crippen LogP) is 1.45. The highest BCUT2D eigenvalue weighted by Crippen LogP contribution is 2.32. The maximum atomic E-state index is 12.1. The van der Waals surface area contributed by atoms with Gasteiger partial charge in [-0.2, -0.15) is 0 Å². The third kappa shape index (κ3) is 5.52. The minimum atomic E-state index is -1.05. The molecule has 1 heterocycles. The fourth-order valence-electron chi connectivity index (χ4n) is 1.96. The van der Waals surface area contributed by atoms with Crippen LogP contribution in [-0.4, -0.2) is 43.8 Å². The Bertz CT molecular complexity index is 684. The summed E-state index contributed by atoms with van der Waals surface area (Å²) in [5.41, 5.74) is 0.485. The van der Waals surface area contributed by atoms with Gasteiger partial charge < -0.3 is 24.3 Å². The Morgan fingerprint density at radius 3 is 2.56 bits per heavy atom. The number of anilines is 1. The van der Waals surface area contributed by atoms with E-state index in [1.807, 2.05) is 0 Å². The Hall–Kier alpha value is -3.03. The summed E-state index contributed by atoms with van der Waals surface area (Å²) < 4.78 is 20.4. The van der Waals surface area contributed by atoms with Crippen molar-refractivity contribution in [3.8, 4) is 11.5 Å². The van der Waals surface area contributed by atoms with Crippen molar-refractivity contribution in [2.75, 3.05) is 25.1 Å². The normalized spacial score (nSPS) is 13.8. The Labute approximate surface area is 144 Å². The van der Waals surface area contributed by atoms with Crippen LogP contribution in [-0.2, 0) is 23.9 Å². The van der Waals surface area contributed by atoms with Gasteiger partial charge in [0.1, 0.15) is 13.2 Å². The molecule has 1 aromatic carbocycles. The standard InChI is InChI=1S/C17H19NO7/c1-3-22-15(19)6-7-16(20)25-11(2)17(21)18-12-4-5-13-14(10-12)24-9-8-23-13/h4-7,10-11H,3,8-9H2,1-2H3,(H,18,21)/b7-6+/t11-/m0/s1. The van der Waals surface area contributed by atoms with Crippen LogP contribution in [0.4, 0.5) is 5.69 Å². The summed E-state index contributed by atoms with van der Waals surface area (Å²) in [6.07, 6.45) is 0.802. The van der Waals surface area contributed by atoms with Crippen LogP contribution in [0, 0.1) is 0 Å². The summed E-state index contributed by atoms with van der Waals surface area (Å²) in [4.78, 5) is 34.8. The molecule has 2 rings (SSSR count). The first-order chi connectivity index (χ1) is 12.0. The van der Waals surface area contributed by atoms with E-state index in [1.165, 1.54) is 6.92 Å². The number of ether oxygens (including phenoxy) is 4. The highest BCUT2D eigenvalue weighted by Gasteiger charge is 2.18. The second-order valence-corrected chi connectivity index (χ2v) is 5.01. The van der Waals surface area contributed by atoms with Gasteiger partial charge in [0, 0.05) is 23.9 Å². The molecule has 0 radical (unpaired) electrons. The summed E-state index contributed by atoms with van der Waals surface area (Å²) in [5.74, 6) is -0.862. The molecule has 0 aliphatic carbocycles. The van der Waals surface area contributed by atoms with Crippen LogP contribution in [0.5, 0.6) is 11.5 Å². The van der Waals surface area contributed by atoms with Crippen molar-refractivity contribution in [2.45, 2.75) is 20.0 Å². The monoisotopic (exact) mass is 349 g/mol. The zero-order valence-corrected chi connectivity index (χ0v) is 13.9. The Balaban J connectivity index is 1.87. The van der Waals surface area contributed by atoms with Gasteiger partial charge in [-0.3, -0.25) is 4.79 Å². The molecule has 0 spiro atoms. The van der Waals surface area contributed by atoms with Gasteiger partial charge in [0.25, 0.3) is 5.91 Å². The largest absolute Gasteiger partial charge is 0.486 e. The van der Waals surface area contributed by atoms with Gasteiger partial charge >= 0.3 is 11.9 Å². The molecule has 134 valence electrons. The van der Waals surface area contributed by atoms with E-state index >= 15 is 0 Å². The summed E-state index contributed by atoms with van der Waals surface area (Å²) >= 11 is 0. The van der Waals surface area contributed by atoms with Crippen molar-refractivity contribution >= 4 is 23.5 Å². The molecule has 0 fully saturated rings. The number of nitrogens with one attached hydrogen (secondary N) is 1. The van der Waals surface area contributed by atoms with Gasteiger partial charge in [0.15, 0.2) is 17.6 Å². The minimum absolute atomic E-state index is 0.201. The molecule has 1 aromatic rings. The smallest absolute Gasteiger partial charge is 0.331 e. The van der Waals surface area contributed by atoms with Crippen molar-refractivity contribution in [2.24, 2.45) is 0 Å². The lowest BCUT2D eigenvalue weighted by Crippen LogP contribution is -2.29. The number of carbonyl (C=O) groups excluding carboxylic acids is 3. The van der Waals surface area contributed by atoms with E-state index in [0.29, 0.717) is 30.4 Å². The summed E-state index contributed by atoms with van der Waals surface area (Å²) in [6, 6.07) is 4.96. The Morgan fingerprint density at radius 1 is 1.16 bits per heavy atom. The van der Waals surface area contributed by atoms with Crippen LogP contribution in [0.25, 0.3) is 0 Å². The van der Waals surface area contributed by atoms with E-state index in [4.69, 9.17) is 14.2 Å². The number of esters is 2. The van der Waals surface area contributed by atoms with E-state index < -0.39 is 23.9 Å². The first kappa shape index (κ1) is 18.3. The maximum absolute atomic E-state index is 12.1. The molecule has 0 aromatic heterocycles. The van der Waals surface area contributed by atoms with Crippen molar-refractivity contribution in [1.82, 2.24) is 0 Å². The van der Waals surface area contributed by atoms with Gasteiger partial charge in [0.2, 0.25) is 0 Å². The zero-order chi connectivity index (χ0) is 18.2. The molecule has 1 amide bonds. The predicted molar refractivity (Wildman–Crippen MR) is 87.4 cm³/mol. The average Bonchev–Trinajstić information content (AvgIpc) is 2.60. The molecule has 8 heteroatoms. The summed E-state index contributed by atoms with van der Waals surface area (Å²) in [5, 5.41) is 2.61. The topological polar surface area (TPSA) is 100 Å². The molecule has 25 heavy (non-hydrogen) atoms. The SMILES string of the molecule is CCOC(=O)/C=C/C(=O)O[C@@H](C)C(=O)Nc1ccc2c(c1)OCCO2. The molecule has 0 saturated carbocycles. The molecule has 0 unspecified atom stereocenters. The summed E-state index contributed by atoms with van der Waals surface area (Å²) in [6.45, 7) is 4.18. The minimum Gasteiger partial charge on any atom is -0.486 e. The van der Waals surface area contributed by atoms with Gasteiger partial charge in [-0.15, -0.1) is 0 Å². The Morgan fingerprint density at radius 2 is 1.84 bits per heavy atom. The molecule has 1 aliphatic rings. The molecule has 0 bridgehead atoms. The quantitative estimate of drug-likeness (QED) is 0.613. The van der Waals surface area contributed by atoms with E-state index in [0.717, 1.165) is 12.2 Å². The van der Waals surface area contributed by atoms with Crippen LogP contribution < -0.4 is 14.8 Å². The van der Waals surface area contributed by atoms with Crippen molar-refractivity contribution in [3.63, 3.8) is 0 Å². The molecular formula is C17H19NO7. The lowest BCUT2D eigenvalue weighted by atomic mass is 10.2. The summed E-state index contributed by atoms with van der Waals surface area (Å²) in [7, 11) is 0.